The molecule has 0 saturated heterocycles. The van der Waals surface area contributed by atoms with Crippen LogP contribution in [0.5, 0.6) is 0 Å². The molecule has 0 aliphatic carbocycles. The average Bonchev–Trinajstić information content (AvgIpc) is 3.10. The summed E-state index contributed by atoms with van der Waals surface area (Å²) in [4.78, 5) is 30.6. The van der Waals surface area contributed by atoms with Gasteiger partial charge in [0.05, 0.1) is 13.2 Å². The maximum atomic E-state index is 12.8. The highest BCUT2D eigenvalue weighted by Gasteiger charge is 2.19. The van der Waals surface area contributed by atoms with Crippen molar-refractivity contribution >= 4 is 34.8 Å². The highest BCUT2D eigenvalue weighted by molar-refractivity contribution is 7.09. The van der Waals surface area contributed by atoms with E-state index in [9.17, 15) is 9.59 Å². The van der Waals surface area contributed by atoms with Crippen molar-refractivity contribution in [1.82, 2.24) is 9.88 Å². The zero-order valence-electron chi connectivity index (χ0n) is 14.7. The van der Waals surface area contributed by atoms with Gasteiger partial charge in [0.25, 0.3) is 5.91 Å². The predicted octanol–water partition coefficient (Wildman–Crippen LogP) is 3.65. The number of carbonyl (C=O) groups excluding carboxylic acids is 2. The summed E-state index contributed by atoms with van der Waals surface area (Å²) in [6.07, 6.45) is 0.700. The Bertz CT molecular complexity index is 733. The number of hydrogen-bond donors (Lipinski definition) is 0. The predicted molar refractivity (Wildman–Crippen MR) is 101 cm³/mol. The molecule has 1 aromatic carbocycles. The molecular formula is C18H21ClN2O4S. The van der Waals surface area contributed by atoms with Crippen molar-refractivity contribution in [3.8, 4) is 0 Å². The van der Waals surface area contributed by atoms with Crippen molar-refractivity contribution in [2.24, 2.45) is 0 Å². The van der Waals surface area contributed by atoms with Crippen molar-refractivity contribution in [1.29, 1.82) is 0 Å². The summed E-state index contributed by atoms with van der Waals surface area (Å²) in [5, 5.41) is 2.90. The van der Waals surface area contributed by atoms with Crippen molar-refractivity contribution in [3.63, 3.8) is 0 Å². The molecule has 1 heterocycles. The molecule has 2 rings (SSSR count). The minimum absolute atomic E-state index is 0.120. The van der Waals surface area contributed by atoms with Crippen molar-refractivity contribution < 1.29 is 19.1 Å². The highest BCUT2D eigenvalue weighted by Crippen LogP contribution is 2.17. The summed E-state index contributed by atoms with van der Waals surface area (Å²) in [6.45, 7) is 3.42. The third-order valence-electron chi connectivity index (χ3n) is 3.52. The van der Waals surface area contributed by atoms with E-state index in [1.54, 1.807) is 48.6 Å². The molecule has 0 radical (unpaired) electrons. The Balaban J connectivity index is 2.12. The lowest BCUT2D eigenvalue weighted by Gasteiger charge is -2.21. The van der Waals surface area contributed by atoms with Gasteiger partial charge in [0.1, 0.15) is 5.01 Å². The molecule has 140 valence electrons. The van der Waals surface area contributed by atoms with Crippen LogP contribution in [0.2, 0.25) is 5.02 Å². The third kappa shape index (κ3) is 5.79. The third-order valence-corrected chi connectivity index (χ3v) is 4.60. The van der Waals surface area contributed by atoms with Crippen molar-refractivity contribution in [2.75, 3.05) is 26.9 Å². The van der Waals surface area contributed by atoms with Crippen LogP contribution >= 0.6 is 22.9 Å². The molecule has 8 heteroatoms. The minimum atomic E-state index is -0.454. The van der Waals surface area contributed by atoms with E-state index in [2.05, 4.69) is 4.98 Å². The van der Waals surface area contributed by atoms with Gasteiger partial charge in [-0.25, -0.2) is 9.78 Å². The normalized spacial score (nSPS) is 10.6. The molecule has 1 amide bonds. The Morgan fingerprint density at radius 1 is 1.27 bits per heavy atom. The maximum Gasteiger partial charge on any atom is 0.357 e. The van der Waals surface area contributed by atoms with Crippen LogP contribution in [0.1, 0.15) is 39.2 Å². The number of thiazole rings is 1. The van der Waals surface area contributed by atoms with Crippen LogP contribution in [0.4, 0.5) is 0 Å². The summed E-state index contributed by atoms with van der Waals surface area (Å²) in [7, 11) is 1.62. The zero-order valence-corrected chi connectivity index (χ0v) is 16.3. The molecule has 0 bridgehead atoms. The topological polar surface area (TPSA) is 68.7 Å². The molecule has 2 aromatic rings. The van der Waals surface area contributed by atoms with Crippen LogP contribution in [0.15, 0.2) is 29.6 Å². The molecule has 0 aliphatic heterocycles. The van der Waals surface area contributed by atoms with Gasteiger partial charge in [-0.1, -0.05) is 11.6 Å². The first kappa shape index (κ1) is 20.4. The van der Waals surface area contributed by atoms with E-state index >= 15 is 0 Å². The number of aromatic nitrogens is 1. The average molecular weight is 397 g/mol. The monoisotopic (exact) mass is 396 g/mol. The molecular weight excluding hydrogens is 376 g/mol. The second-order valence-corrected chi connectivity index (χ2v) is 6.81. The fraction of sp³-hybridized carbons (Fsp3) is 0.389. The van der Waals surface area contributed by atoms with Crippen molar-refractivity contribution in [3.05, 3.63) is 50.9 Å². The number of methoxy groups -OCH3 is 1. The fourth-order valence-electron chi connectivity index (χ4n) is 2.27. The van der Waals surface area contributed by atoms with E-state index in [0.29, 0.717) is 48.3 Å². The van der Waals surface area contributed by atoms with Gasteiger partial charge in [0, 0.05) is 36.2 Å². The quantitative estimate of drug-likeness (QED) is 0.478. The summed E-state index contributed by atoms with van der Waals surface area (Å²) >= 11 is 7.22. The first-order chi connectivity index (χ1) is 12.5. The minimum Gasteiger partial charge on any atom is -0.461 e. The first-order valence-corrected chi connectivity index (χ1v) is 9.46. The molecule has 0 saturated carbocycles. The van der Waals surface area contributed by atoms with Crippen LogP contribution in [0, 0.1) is 0 Å². The summed E-state index contributed by atoms with van der Waals surface area (Å²) in [5.74, 6) is -0.574. The Morgan fingerprint density at radius 2 is 2.00 bits per heavy atom. The molecule has 0 atom stereocenters. The number of ether oxygens (including phenoxy) is 2. The van der Waals surface area contributed by atoms with Gasteiger partial charge in [-0.2, -0.15) is 0 Å². The molecule has 26 heavy (non-hydrogen) atoms. The second kappa shape index (κ2) is 10.3. The van der Waals surface area contributed by atoms with Gasteiger partial charge in [-0.05, 0) is 37.6 Å². The lowest BCUT2D eigenvalue weighted by Crippen LogP contribution is -2.32. The standard InChI is InChI=1S/C18H21ClN2O4S/c1-3-25-18(23)15-12-26-16(20-15)11-21(9-4-10-24-2)17(22)13-5-7-14(19)8-6-13/h5-8,12H,3-4,9-11H2,1-2H3. The van der Waals surface area contributed by atoms with Crippen LogP contribution in [-0.4, -0.2) is 48.6 Å². The number of hydrogen-bond acceptors (Lipinski definition) is 6. The van der Waals surface area contributed by atoms with E-state index in [1.807, 2.05) is 0 Å². The summed E-state index contributed by atoms with van der Waals surface area (Å²) in [5.41, 5.74) is 0.816. The number of carbonyl (C=O) groups is 2. The van der Waals surface area contributed by atoms with Gasteiger partial charge >= 0.3 is 5.97 Å². The lowest BCUT2D eigenvalue weighted by atomic mass is 10.2. The molecule has 6 nitrogen and oxygen atoms in total. The largest absolute Gasteiger partial charge is 0.461 e. The zero-order chi connectivity index (χ0) is 18.9. The van der Waals surface area contributed by atoms with Gasteiger partial charge in [-0.15, -0.1) is 11.3 Å². The first-order valence-electron chi connectivity index (χ1n) is 8.20. The summed E-state index contributed by atoms with van der Waals surface area (Å²) in [6, 6.07) is 6.76. The Kier molecular flexibility index (Phi) is 8.03. The van der Waals surface area contributed by atoms with Gasteiger partial charge in [0.15, 0.2) is 5.69 Å². The molecule has 0 fully saturated rings. The number of amides is 1. The van der Waals surface area contributed by atoms with E-state index in [-0.39, 0.29) is 11.6 Å². The number of rotatable bonds is 9. The molecule has 1 aromatic heterocycles. The number of esters is 1. The Labute approximate surface area is 161 Å². The number of nitrogens with zero attached hydrogens (tertiary/aromatic N) is 2. The SMILES string of the molecule is CCOC(=O)c1csc(CN(CCCOC)C(=O)c2ccc(Cl)cc2)n1. The number of halogens is 1. The second-order valence-electron chi connectivity index (χ2n) is 5.43. The molecule has 0 spiro atoms. The van der Waals surface area contributed by atoms with E-state index in [4.69, 9.17) is 21.1 Å². The van der Waals surface area contributed by atoms with Gasteiger partial charge in [0.2, 0.25) is 0 Å². The number of benzene rings is 1. The van der Waals surface area contributed by atoms with E-state index < -0.39 is 5.97 Å². The summed E-state index contributed by atoms with van der Waals surface area (Å²) < 4.78 is 10.0. The molecule has 0 N–H and O–H groups in total. The highest BCUT2D eigenvalue weighted by atomic mass is 35.5. The Morgan fingerprint density at radius 3 is 2.65 bits per heavy atom. The van der Waals surface area contributed by atoms with Crippen molar-refractivity contribution in [2.45, 2.75) is 19.9 Å². The smallest absolute Gasteiger partial charge is 0.357 e. The molecule has 0 aliphatic rings. The van der Waals surface area contributed by atoms with Crippen LogP contribution in [0.25, 0.3) is 0 Å². The van der Waals surface area contributed by atoms with Crippen LogP contribution < -0.4 is 0 Å². The van der Waals surface area contributed by atoms with Gasteiger partial charge in [-0.3, -0.25) is 4.79 Å². The van der Waals surface area contributed by atoms with E-state index in [1.165, 1.54) is 11.3 Å². The Hall–Kier alpha value is -1.96. The fourth-order valence-corrected chi connectivity index (χ4v) is 3.18. The maximum absolute atomic E-state index is 12.8. The lowest BCUT2D eigenvalue weighted by molar-refractivity contribution is 0.0520. The van der Waals surface area contributed by atoms with E-state index in [0.717, 1.165) is 0 Å². The van der Waals surface area contributed by atoms with Crippen LogP contribution in [0.3, 0.4) is 0 Å². The van der Waals surface area contributed by atoms with Gasteiger partial charge < -0.3 is 14.4 Å². The molecule has 0 unspecified atom stereocenters. The van der Waals surface area contributed by atoms with Crippen LogP contribution in [-0.2, 0) is 16.0 Å².